The number of hydrogen-bond acceptors (Lipinski definition) is 2. The van der Waals surface area contributed by atoms with Crippen LogP contribution in [-0.2, 0) is 0 Å². The molecule has 0 unspecified atom stereocenters. The van der Waals surface area contributed by atoms with Crippen LogP contribution in [-0.4, -0.2) is 15.8 Å². The zero-order valence-corrected chi connectivity index (χ0v) is 7.39. The molecule has 5 heteroatoms. The van der Waals surface area contributed by atoms with Gasteiger partial charge in [-0.15, -0.1) is 0 Å². The third-order valence-electron chi connectivity index (χ3n) is 1.80. The van der Waals surface area contributed by atoms with Crippen LogP contribution in [0.15, 0.2) is 18.5 Å². The van der Waals surface area contributed by atoms with Crippen LogP contribution in [0.3, 0.4) is 0 Å². The number of halogens is 1. The number of nitrogens with one attached hydrogen (secondary N) is 2. The van der Waals surface area contributed by atoms with E-state index in [1.54, 1.807) is 18.5 Å². The van der Waals surface area contributed by atoms with Crippen LogP contribution in [0.25, 0.3) is 11.0 Å². The van der Waals surface area contributed by atoms with Gasteiger partial charge in [0.2, 0.25) is 0 Å². The largest absolute Gasteiger partial charge is 0.384 e. The summed E-state index contributed by atoms with van der Waals surface area (Å²) < 4.78 is 0. The lowest BCUT2D eigenvalue weighted by atomic mass is 10.2. The highest BCUT2D eigenvalue weighted by molar-refractivity contribution is 6.34. The average Bonchev–Trinajstić information content (AvgIpc) is 2.48. The summed E-state index contributed by atoms with van der Waals surface area (Å²) in [6, 6.07) is 3.40. The lowest BCUT2D eigenvalue weighted by Crippen LogP contribution is -2.11. The normalized spacial score (nSPS) is 10.5. The van der Waals surface area contributed by atoms with Crippen molar-refractivity contribution in [2.75, 3.05) is 0 Å². The van der Waals surface area contributed by atoms with Crippen LogP contribution in [0.4, 0.5) is 0 Å². The first-order chi connectivity index (χ1) is 6.18. The molecule has 0 spiro atoms. The van der Waals surface area contributed by atoms with Crippen LogP contribution in [0.5, 0.6) is 0 Å². The van der Waals surface area contributed by atoms with Crippen molar-refractivity contribution in [2.45, 2.75) is 0 Å². The second-order valence-electron chi connectivity index (χ2n) is 2.67. The van der Waals surface area contributed by atoms with Crippen LogP contribution < -0.4 is 5.73 Å². The van der Waals surface area contributed by atoms with E-state index in [2.05, 4.69) is 9.97 Å². The average molecular weight is 195 g/mol. The molecule has 0 aliphatic rings. The lowest BCUT2D eigenvalue weighted by Gasteiger charge is -2.00. The zero-order chi connectivity index (χ0) is 9.42. The Balaban J connectivity index is 2.76. The third kappa shape index (κ3) is 1.25. The molecule has 4 N–H and O–H groups in total. The topological polar surface area (TPSA) is 78.6 Å². The van der Waals surface area contributed by atoms with Crippen molar-refractivity contribution in [1.29, 1.82) is 5.41 Å². The van der Waals surface area contributed by atoms with Crippen LogP contribution in [0.1, 0.15) is 5.56 Å². The van der Waals surface area contributed by atoms with Crippen molar-refractivity contribution in [3.05, 3.63) is 29.0 Å². The highest BCUT2D eigenvalue weighted by Gasteiger charge is 2.06. The Kier molecular flexibility index (Phi) is 1.70. The SMILES string of the molecule is N=C(N)c1cc2nc[nH]c2cc1Cl. The molecule has 66 valence electrons. The van der Waals surface area contributed by atoms with Crippen molar-refractivity contribution < 1.29 is 0 Å². The Morgan fingerprint density at radius 2 is 2.31 bits per heavy atom. The second kappa shape index (κ2) is 2.74. The summed E-state index contributed by atoms with van der Waals surface area (Å²) in [6.45, 7) is 0. The summed E-state index contributed by atoms with van der Waals surface area (Å²) in [5.41, 5.74) is 7.45. The van der Waals surface area contributed by atoms with Gasteiger partial charge in [0, 0.05) is 5.56 Å². The molecule has 0 fully saturated rings. The molecule has 4 nitrogen and oxygen atoms in total. The molecule has 2 rings (SSSR count). The maximum absolute atomic E-state index is 7.26. The van der Waals surface area contributed by atoms with E-state index in [0.29, 0.717) is 10.6 Å². The van der Waals surface area contributed by atoms with Gasteiger partial charge in [0.05, 0.1) is 22.4 Å². The summed E-state index contributed by atoms with van der Waals surface area (Å²) in [6.07, 6.45) is 1.57. The number of amidine groups is 1. The van der Waals surface area contributed by atoms with E-state index in [0.717, 1.165) is 11.0 Å². The summed E-state index contributed by atoms with van der Waals surface area (Å²) in [5.74, 6) is -0.0464. The molecule has 1 aromatic heterocycles. The molecule has 1 heterocycles. The van der Waals surface area contributed by atoms with Crippen LogP contribution >= 0.6 is 11.6 Å². The number of imidazole rings is 1. The predicted octanol–water partition coefficient (Wildman–Crippen LogP) is 1.50. The molecule has 0 bridgehead atoms. The van der Waals surface area contributed by atoms with E-state index in [9.17, 15) is 0 Å². The first-order valence-electron chi connectivity index (χ1n) is 3.65. The van der Waals surface area contributed by atoms with E-state index < -0.39 is 0 Å². The van der Waals surface area contributed by atoms with Gasteiger partial charge in [0.1, 0.15) is 5.84 Å². The molecule has 0 amide bonds. The molecule has 1 aromatic carbocycles. The van der Waals surface area contributed by atoms with Gasteiger partial charge < -0.3 is 10.7 Å². The lowest BCUT2D eigenvalue weighted by molar-refractivity contribution is 1.34. The Morgan fingerprint density at radius 1 is 1.54 bits per heavy atom. The number of rotatable bonds is 1. The standard InChI is InChI=1S/C8H7ClN4/c9-5-2-7-6(12-3-13-7)1-4(5)8(10)11/h1-3H,(H3,10,11)(H,12,13). The van der Waals surface area contributed by atoms with E-state index in [4.69, 9.17) is 22.7 Å². The van der Waals surface area contributed by atoms with E-state index in [1.165, 1.54) is 0 Å². The maximum Gasteiger partial charge on any atom is 0.124 e. The predicted molar refractivity (Wildman–Crippen MR) is 52.1 cm³/mol. The Labute approximate surface area is 79.2 Å². The summed E-state index contributed by atoms with van der Waals surface area (Å²) in [5, 5.41) is 7.72. The molecule has 0 saturated heterocycles. The minimum atomic E-state index is -0.0464. The smallest absolute Gasteiger partial charge is 0.124 e. The number of hydrogen-bond donors (Lipinski definition) is 3. The molecule has 13 heavy (non-hydrogen) atoms. The number of nitrogens with zero attached hydrogens (tertiary/aromatic N) is 1. The minimum absolute atomic E-state index is 0.0464. The van der Waals surface area contributed by atoms with E-state index >= 15 is 0 Å². The first kappa shape index (κ1) is 8.07. The Morgan fingerprint density at radius 3 is 3.00 bits per heavy atom. The van der Waals surface area contributed by atoms with Gasteiger partial charge in [-0.2, -0.15) is 0 Å². The minimum Gasteiger partial charge on any atom is -0.384 e. The molecule has 0 radical (unpaired) electrons. The Hall–Kier alpha value is -1.55. The number of nitrogens with two attached hydrogens (primary N) is 1. The fourth-order valence-electron chi connectivity index (χ4n) is 1.16. The summed E-state index contributed by atoms with van der Waals surface area (Å²) in [4.78, 5) is 6.96. The molecule has 0 atom stereocenters. The first-order valence-corrected chi connectivity index (χ1v) is 4.03. The molecule has 0 aliphatic carbocycles. The molecule has 0 aliphatic heterocycles. The molecular weight excluding hydrogens is 188 g/mol. The van der Waals surface area contributed by atoms with Gasteiger partial charge in [-0.3, -0.25) is 5.41 Å². The highest BCUT2D eigenvalue weighted by atomic mass is 35.5. The number of H-pyrrole nitrogens is 1. The van der Waals surface area contributed by atoms with Crippen molar-refractivity contribution in [1.82, 2.24) is 9.97 Å². The zero-order valence-electron chi connectivity index (χ0n) is 6.63. The van der Waals surface area contributed by atoms with E-state index in [-0.39, 0.29) is 5.84 Å². The van der Waals surface area contributed by atoms with Gasteiger partial charge in [0.25, 0.3) is 0 Å². The monoisotopic (exact) mass is 194 g/mol. The summed E-state index contributed by atoms with van der Waals surface area (Å²) >= 11 is 5.89. The molecule has 2 aromatic rings. The Bertz CT molecular complexity index is 474. The van der Waals surface area contributed by atoms with Gasteiger partial charge >= 0.3 is 0 Å². The van der Waals surface area contributed by atoms with E-state index in [1.807, 2.05) is 0 Å². The highest BCUT2D eigenvalue weighted by Crippen LogP contribution is 2.21. The van der Waals surface area contributed by atoms with Crippen molar-refractivity contribution in [3.8, 4) is 0 Å². The molecule has 0 saturated carbocycles. The molecular formula is C8H7ClN4. The van der Waals surface area contributed by atoms with Gasteiger partial charge in [-0.05, 0) is 12.1 Å². The second-order valence-corrected chi connectivity index (χ2v) is 3.07. The van der Waals surface area contributed by atoms with Crippen LogP contribution in [0.2, 0.25) is 5.02 Å². The van der Waals surface area contributed by atoms with Gasteiger partial charge in [0.15, 0.2) is 0 Å². The van der Waals surface area contributed by atoms with Crippen molar-refractivity contribution in [2.24, 2.45) is 5.73 Å². The number of aromatic nitrogens is 2. The number of aromatic amines is 1. The van der Waals surface area contributed by atoms with Crippen molar-refractivity contribution in [3.63, 3.8) is 0 Å². The fraction of sp³-hybridized carbons (Fsp3) is 0. The van der Waals surface area contributed by atoms with Crippen LogP contribution in [0, 0.1) is 5.41 Å². The quantitative estimate of drug-likeness (QED) is 0.475. The third-order valence-corrected chi connectivity index (χ3v) is 2.11. The summed E-state index contributed by atoms with van der Waals surface area (Å²) in [7, 11) is 0. The van der Waals surface area contributed by atoms with Gasteiger partial charge in [-0.25, -0.2) is 4.98 Å². The van der Waals surface area contributed by atoms with Crippen molar-refractivity contribution >= 4 is 28.5 Å². The van der Waals surface area contributed by atoms with Gasteiger partial charge in [-0.1, -0.05) is 11.6 Å². The number of nitrogen functional groups attached to an aromatic ring is 1. The fourth-order valence-corrected chi connectivity index (χ4v) is 1.43. The number of benzene rings is 1. The maximum atomic E-state index is 7.26. The number of fused-ring (bicyclic) bond motifs is 1.